The topological polar surface area (TPSA) is 59.8 Å². The molecule has 20 heavy (non-hydrogen) atoms. The number of aromatic nitrogens is 3. The van der Waals surface area contributed by atoms with Gasteiger partial charge in [0.15, 0.2) is 0 Å². The van der Waals surface area contributed by atoms with Crippen molar-refractivity contribution in [2.45, 2.75) is 26.7 Å². The van der Waals surface area contributed by atoms with E-state index in [1.54, 1.807) is 11.3 Å². The summed E-state index contributed by atoms with van der Waals surface area (Å²) in [6.45, 7) is 4.55. The Hall–Kier alpha value is -1.40. The van der Waals surface area contributed by atoms with Gasteiger partial charge in [0.25, 0.3) is 0 Å². The minimum absolute atomic E-state index is 0.0194. The SMILES string of the molecule is Cc1cc(C)n(-c2nc(CCNC(=O)CCCl)cs2)n1. The van der Waals surface area contributed by atoms with Crippen LogP contribution >= 0.6 is 22.9 Å². The van der Waals surface area contributed by atoms with E-state index in [9.17, 15) is 4.79 Å². The molecule has 2 heterocycles. The average molecular weight is 313 g/mol. The number of carbonyl (C=O) groups excluding carboxylic acids is 1. The maximum atomic E-state index is 11.3. The fourth-order valence-electron chi connectivity index (χ4n) is 1.84. The first-order chi connectivity index (χ1) is 9.60. The van der Waals surface area contributed by atoms with E-state index in [1.807, 2.05) is 30.0 Å². The second kappa shape index (κ2) is 6.85. The number of carbonyl (C=O) groups is 1. The van der Waals surface area contributed by atoms with Gasteiger partial charge in [-0.15, -0.1) is 22.9 Å². The van der Waals surface area contributed by atoms with Gasteiger partial charge in [-0.05, 0) is 19.9 Å². The van der Waals surface area contributed by atoms with Crippen LogP contribution in [-0.4, -0.2) is 33.1 Å². The third kappa shape index (κ3) is 3.80. The molecule has 0 aromatic carbocycles. The van der Waals surface area contributed by atoms with Crippen LogP contribution in [0.3, 0.4) is 0 Å². The molecule has 0 spiro atoms. The molecule has 0 saturated heterocycles. The van der Waals surface area contributed by atoms with Gasteiger partial charge in [-0.3, -0.25) is 4.79 Å². The number of halogens is 1. The van der Waals surface area contributed by atoms with E-state index < -0.39 is 0 Å². The zero-order valence-electron chi connectivity index (χ0n) is 11.5. The molecule has 0 aliphatic rings. The Morgan fingerprint density at radius 1 is 1.50 bits per heavy atom. The van der Waals surface area contributed by atoms with Gasteiger partial charge in [-0.25, -0.2) is 9.67 Å². The summed E-state index contributed by atoms with van der Waals surface area (Å²) in [6, 6.07) is 2.02. The predicted octanol–water partition coefficient (Wildman–Crippen LogP) is 2.23. The lowest BCUT2D eigenvalue weighted by molar-refractivity contribution is -0.120. The molecule has 0 aliphatic heterocycles. The summed E-state index contributed by atoms with van der Waals surface area (Å²) in [4.78, 5) is 15.8. The number of amides is 1. The van der Waals surface area contributed by atoms with E-state index >= 15 is 0 Å². The Morgan fingerprint density at radius 2 is 2.30 bits per heavy atom. The van der Waals surface area contributed by atoms with Crippen molar-refractivity contribution in [2.24, 2.45) is 0 Å². The molecule has 108 valence electrons. The van der Waals surface area contributed by atoms with Gasteiger partial charge < -0.3 is 5.32 Å². The van der Waals surface area contributed by atoms with Crippen LogP contribution in [0.1, 0.15) is 23.5 Å². The first-order valence-electron chi connectivity index (χ1n) is 6.41. The largest absolute Gasteiger partial charge is 0.356 e. The summed E-state index contributed by atoms with van der Waals surface area (Å²) in [7, 11) is 0. The lowest BCUT2D eigenvalue weighted by Gasteiger charge is -2.01. The molecule has 1 N–H and O–H groups in total. The smallest absolute Gasteiger partial charge is 0.221 e. The van der Waals surface area contributed by atoms with Crippen LogP contribution in [-0.2, 0) is 11.2 Å². The highest BCUT2D eigenvalue weighted by Gasteiger charge is 2.08. The number of nitrogens with zero attached hydrogens (tertiary/aromatic N) is 3. The van der Waals surface area contributed by atoms with Crippen molar-refractivity contribution >= 4 is 28.8 Å². The Labute approximate surface area is 127 Å². The monoisotopic (exact) mass is 312 g/mol. The number of hydrogen-bond donors (Lipinski definition) is 1. The Bertz CT molecular complexity index is 593. The molecule has 5 nitrogen and oxygen atoms in total. The van der Waals surface area contributed by atoms with Crippen LogP contribution in [0.25, 0.3) is 5.13 Å². The van der Waals surface area contributed by atoms with Crippen molar-refractivity contribution in [1.82, 2.24) is 20.1 Å². The fourth-order valence-corrected chi connectivity index (χ4v) is 2.87. The highest BCUT2D eigenvalue weighted by atomic mass is 35.5. The molecule has 2 aromatic heterocycles. The van der Waals surface area contributed by atoms with E-state index in [0.29, 0.717) is 25.3 Å². The Balaban J connectivity index is 1.93. The summed E-state index contributed by atoms with van der Waals surface area (Å²) < 4.78 is 1.84. The Morgan fingerprint density at radius 3 is 2.95 bits per heavy atom. The average Bonchev–Trinajstić information content (AvgIpc) is 2.96. The van der Waals surface area contributed by atoms with Crippen molar-refractivity contribution in [2.75, 3.05) is 12.4 Å². The van der Waals surface area contributed by atoms with Crippen LogP contribution in [0.4, 0.5) is 0 Å². The zero-order valence-corrected chi connectivity index (χ0v) is 13.1. The maximum Gasteiger partial charge on any atom is 0.221 e. The summed E-state index contributed by atoms with van der Waals surface area (Å²) in [6.07, 6.45) is 1.07. The molecule has 7 heteroatoms. The summed E-state index contributed by atoms with van der Waals surface area (Å²) >= 11 is 7.05. The normalized spacial score (nSPS) is 10.8. The highest BCUT2D eigenvalue weighted by Crippen LogP contribution is 2.17. The number of hydrogen-bond acceptors (Lipinski definition) is 4. The molecule has 0 fully saturated rings. The van der Waals surface area contributed by atoms with Crippen LogP contribution in [0.2, 0.25) is 0 Å². The molecule has 0 aliphatic carbocycles. The van der Waals surface area contributed by atoms with Crippen LogP contribution in [0.5, 0.6) is 0 Å². The van der Waals surface area contributed by atoms with E-state index in [0.717, 1.165) is 22.2 Å². The van der Waals surface area contributed by atoms with Gasteiger partial charge in [0.1, 0.15) is 0 Å². The van der Waals surface area contributed by atoms with Gasteiger partial charge in [0.05, 0.1) is 11.4 Å². The second-order valence-corrected chi connectivity index (χ2v) is 5.71. The minimum Gasteiger partial charge on any atom is -0.356 e. The van der Waals surface area contributed by atoms with Gasteiger partial charge in [0, 0.05) is 36.3 Å². The van der Waals surface area contributed by atoms with Gasteiger partial charge in [0.2, 0.25) is 11.0 Å². The second-order valence-electron chi connectivity index (χ2n) is 4.50. The van der Waals surface area contributed by atoms with Crippen molar-refractivity contribution in [3.8, 4) is 5.13 Å². The first-order valence-corrected chi connectivity index (χ1v) is 7.82. The first kappa shape index (κ1) is 15.0. The zero-order chi connectivity index (χ0) is 14.5. The van der Waals surface area contributed by atoms with Crippen LogP contribution < -0.4 is 5.32 Å². The molecule has 2 rings (SSSR count). The van der Waals surface area contributed by atoms with E-state index in [2.05, 4.69) is 15.4 Å². The molecule has 0 bridgehead atoms. The third-order valence-corrected chi connectivity index (χ3v) is 3.81. The number of alkyl halides is 1. The number of nitrogens with one attached hydrogen (secondary N) is 1. The summed E-state index contributed by atoms with van der Waals surface area (Å²) in [5.41, 5.74) is 3.01. The van der Waals surface area contributed by atoms with Gasteiger partial charge >= 0.3 is 0 Å². The standard InChI is InChI=1S/C13H17ClN4OS/c1-9-7-10(2)18(17-9)13-16-11(8-20-13)4-6-15-12(19)3-5-14/h7-8H,3-6H2,1-2H3,(H,15,19). The van der Waals surface area contributed by atoms with E-state index in [4.69, 9.17) is 11.6 Å². The lowest BCUT2D eigenvalue weighted by atomic mass is 10.3. The number of aryl methyl sites for hydroxylation is 2. The molecule has 0 unspecified atom stereocenters. The molecule has 2 aromatic rings. The molecular weight excluding hydrogens is 296 g/mol. The summed E-state index contributed by atoms with van der Waals surface area (Å²) in [5.74, 6) is 0.332. The van der Waals surface area contributed by atoms with Gasteiger partial charge in [-0.2, -0.15) is 5.10 Å². The number of thiazole rings is 1. The molecule has 0 radical (unpaired) electrons. The minimum atomic E-state index is -0.0194. The van der Waals surface area contributed by atoms with Crippen LogP contribution in [0, 0.1) is 13.8 Å². The van der Waals surface area contributed by atoms with Crippen molar-refractivity contribution in [3.63, 3.8) is 0 Å². The quantitative estimate of drug-likeness (QED) is 0.832. The van der Waals surface area contributed by atoms with Crippen molar-refractivity contribution in [3.05, 3.63) is 28.5 Å². The predicted molar refractivity (Wildman–Crippen MR) is 80.8 cm³/mol. The van der Waals surface area contributed by atoms with E-state index in [1.165, 1.54) is 0 Å². The Kier molecular flexibility index (Phi) is 5.14. The van der Waals surface area contributed by atoms with E-state index in [-0.39, 0.29) is 5.91 Å². The van der Waals surface area contributed by atoms with Gasteiger partial charge in [-0.1, -0.05) is 0 Å². The summed E-state index contributed by atoms with van der Waals surface area (Å²) in [5, 5.41) is 10.1. The highest BCUT2D eigenvalue weighted by molar-refractivity contribution is 7.12. The fraction of sp³-hybridized carbons (Fsp3) is 0.462. The molecule has 1 amide bonds. The van der Waals surface area contributed by atoms with Crippen LogP contribution in [0.15, 0.2) is 11.4 Å². The third-order valence-electron chi connectivity index (χ3n) is 2.76. The van der Waals surface area contributed by atoms with Crippen molar-refractivity contribution in [1.29, 1.82) is 0 Å². The van der Waals surface area contributed by atoms with Crippen molar-refractivity contribution < 1.29 is 4.79 Å². The molecular formula is C13H17ClN4OS. The lowest BCUT2D eigenvalue weighted by Crippen LogP contribution is -2.25. The molecule has 0 atom stereocenters. The molecule has 0 saturated carbocycles. The number of rotatable bonds is 6. The maximum absolute atomic E-state index is 11.3.